The van der Waals surface area contributed by atoms with Crippen molar-refractivity contribution in [3.05, 3.63) is 64.8 Å². The van der Waals surface area contributed by atoms with Crippen molar-refractivity contribution in [1.29, 1.82) is 0 Å². The molecule has 0 atom stereocenters. The Kier molecular flexibility index (Phi) is 4.76. The number of imide groups is 1. The van der Waals surface area contributed by atoms with Crippen LogP contribution in [0.25, 0.3) is 0 Å². The molecule has 0 spiro atoms. The van der Waals surface area contributed by atoms with Crippen LogP contribution in [0.1, 0.15) is 12.5 Å². The van der Waals surface area contributed by atoms with Crippen LogP contribution in [-0.4, -0.2) is 18.4 Å². The molecule has 0 fully saturated rings. The van der Waals surface area contributed by atoms with Crippen molar-refractivity contribution < 1.29 is 14.3 Å². The van der Waals surface area contributed by atoms with Crippen molar-refractivity contribution in [3.8, 4) is 5.75 Å². The summed E-state index contributed by atoms with van der Waals surface area (Å²) in [6.07, 6.45) is 0. The maximum atomic E-state index is 12.7. The van der Waals surface area contributed by atoms with Gasteiger partial charge in [0.25, 0.3) is 11.8 Å². The van der Waals surface area contributed by atoms with Crippen LogP contribution < -0.4 is 15.0 Å². The quantitative estimate of drug-likeness (QED) is 0.827. The third-order valence-electron chi connectivity index (χ3n) is 3.77. The van der Waals surface area contributed by atoms with Crippen LogP contribution in [0.15, 0.2) is 59.3 Å². The van der Waals surface area contributed by atoms with E-state index in [9.17, 15) is 9.59 Å². The largest absolute Gasteiger partial charge is 0.492 e. The number of benzene rings is 2. The first-order chi connectivity index (χ1) is 12.0. The van der Waals surface area contributed by atoms with E-state index in [0.717, 1.165) is 10.5 Å². The number of rotatable bonds is 5. The van der Waals surface area contributed by atoms with Gasteiger partial charge in [-0.3, -0.25) is 9.59 Å². The summed E-state index contributed by atoms with van der Waals surface area (Å²) in [7, 11) is 0. The molecule has 3 rings (SSSR count). The molecule has 1 aliphatic heterocycles. The van der Waals surface area contributed by atoms with Gasteiger partial charge in [-0.05, 0) is 38.1 Å². The first kappa shape index (κ1) is 17.0. The lowest BCUT2D eigenvalue weighted by Gasteiger charge is -2.16. The van der Waals surface area contributed by atoms with Gasteiger partial charge in [0, 0.05) is 0 Å². The molecule has 0 radical (unpaired) electrons. The first-order valence-corrected chi connectivity index (χ1v) is 8.24. The van der Waals surface area contributed by atoms with Crippen LogP contribution in [-0.2, 0) is 9.59 Å². The van der Waals surface area contributed by atoms with Crippen LogP contribution in [0.2, 0.25) is 0 Å². The monoisotopic (exact) mass is 356 g/mol. The Hall–Kier alpha value is -2.79. The van der Waals surface area contributed by atoms with Crippen molar-refractivity contribution in [2.75, 3.05) is 16.8 Å². The summed E-state index contributed by atoms with van der Waals surface area (Å²) in [4.78, 5) is 26.3. The average Bonchev–Trinajstić information content (AvgIpc) is 2.81. The minimum Gasteiger partial charge on any atom is -0.492 e. The van der Waals surface area contributed by atoms with E-state index in [4.69, 9.17) is 16.3 Å². The molecule has 0 aromatic heterocycles. The summed E-state index contributed by atoms with van der Waals surface area (Å²) in [5.74, 6) is -0.465. The van der Waals surface area contributed by atoms with Crippen LogP contribution in [0, 0.1) is 6.92 Å². The van der Waals surface area contributed by atoms with E-state index in [2.05, 4.69) is 5.32 Å². The summed E-state index contributed by atoms with van der Waals surface area (Å²) < 4.78 is 5.53. The summed E-state index contributed by atoms with van der Waals surface area (Å²) >= 11 is 6.14. The number of aryl methyl sites for hydroxylation is 1. The van der Waals surface area contributed by atoms with Gasteiger partial charge in [-0.1, -0.05) is 41.4 Å². The smallest absolute Gasteiger partial charge is 0.283 e. The lowest BCUT2D eigenvalue weighted by atomic mass is 10.2. The van der Waals surface area contributed by atoms with E-state index in [0.29, 0.717) is 23.7 Å². The Morgan fingerprint density at radius 3 is 2.40 bits per heavy atom. The number of nitrogens with one attached hydrogen (secondary N) is 1. The Morgan fingerprint density at radius 1 is 1.04 bits per heavy atom. The standard InChI is InChI=1S/C19H17ClN2O3/c1-3-25-15-7-5-4-6-14(15)21-17-16(20)18(23)22(19(17)24)13-10-8-12(2)9-11-13/h4-11,21H,3H2,1-2H3. The molecule has 1 aliphatic rings. The van der Waals surface area contributed by atoms with E-state index in [1.807, 2.05) is 32.0 Å². The molecule has 0 saturated heterocycles. The molecule has 1 N–H and O–H groups in total. The lowest BCUT2D eigenvalue weighted by molar-refractivity contribution is -0.120. The summed E-state index contributed by atoms with van der Waals surface area (Å²) in [5.41, 5.74) is 2.13. The zero-order chi connectivity index (χ0) is 18.0. The number of amides is 2. The molecule has 6 heteroatoms. The number of ether oxygens (including phenoxy) is 1. The highest BCUT2D eigenvalue weighted by Crippen LogP contribution is 2.32. The Morgan fingerprint density at radius 2 is 1.72 bits per heavy atom. The molecule has 128 valence electrons. The molecule has 25 heavy (non-hydrogen) atoms. The number of carbonyl (C=O) groups is 2. The van der Waals surface area contributed by atoms with Crippen molar-refractivity contribution >= 4 is 34.8 Å². The van der Waals surface area contributed by atoms with Gasteiger partial charge in [-0.25, -0.2) is 4.90 Å². The van der Waals surface area contributed by atoms with Crippen LogP contribution in [0.4, 0.5) is 11.4 Å². The highest BCUT2D eigenvalue weighted by atomic mass is 35.5. The predicted molar refractivity (Wildman–Crippen MR) is 97.8 cm³/mol. The molecule has 0 bridgehead atoms. The number of para-hydroxylation sites is 2. The summed E-state index contributed by atoms with van der Waals surface area (Å²) in [6, 6.07) is 14.3. The van der Waals surface area contributed by atoms with Crippen LogP contribution in [0.5, 0.6) is 5.75 Å². The van der Waals surface area contributed by atoms with E-state index in [-0.39, 0.29) is 10.7 Å². The molecule has 0 unspecified atom stereocenters. The van der Waals surface area contributed by atoms with Gasteiger partial charge in [-0.15, -0.1) is 0 Å². The molecule has 2 aromatic carbocycles. The zero-order valence-electron chi connectivity index (χ0n) is 13.9. The van der Waals surface area contributed by atoms with E-state index < -0.39 is 11.8 Å². The number of carbonyl (C=O) groups excluding carboxylic acids is 2. The maximum Gasteiger partial charge on any atom is 0.283 e. The zero-order valence-corrected chi connectivity index (χ0v) is 14.6. The van der Waals surface area contributed by atoms with Crippen molar-refractivity contribution in [1.82, 2.24) is 0 Å². The van der Waals surface area contributed by atoms with Crippen LogP contribution >= 0.6 is 11.6 Å². The van der Waals surface area contributed by atoms with E-state index in [1.165, 1.54) is 0 Å². The molecular formula is C19H17ClN2O3. The minimum absolute atomic E-state index is 0.0411. The minimum atomic E-state index is -0.549. The van der Waals surface area contributed by atoms with Crippen molar-refractivity contribution in [2.24, 2.45) is 0 Å². The fraction of sp³-hybridized carbons (Fsp3) is 0.158. The third kappa shape index (κ3) is 3.23. The number of nitrogens with zero attached hydrogens (tertiary/aromatic N) is 1. The van der Waals surface area contributed by atoms with E-state index in [1.54, 1.807) is 30.3 Å². The second-order valence-electron chi connectivity index (χ2n) is 5.52. The highest BCUT2D eigenvalue weighted by Gasteiger charge is 2.39. The SMILES string of the molecule is CCOc1ccccc1NC1=C(Cl)C(=O)N(c2ccc(C)cc2)C1=O. The Bertz CT molecular complexity index is 859. The molecular weight excluding hydrogens is 340 g/mol. The van der Waals surface area contributed by atoms with Gasteiger partial charge >= 0.3 is 0 Å². The van der Waals surface area contributed by atoms with Crippen molar-refractivity contribution in [3.63, 3.8) is 0 Å². The topological polar surface area (TPSA) is 58.6 Å². The summed E-state index contributed by atoms with van der Waals surface area (Å²) in [6.45, 7) is 4.28. The van der Waals surface area contributed by atoms with Gasteiger partial charge in [0.2, 0.25) is 0 Å². The molecule has 0 saturated carbocycles. The molecule has 1 heterocycles. The van der Waals surface area contributed by atoms with Gasteiger partial charge in [0.05, 0.1) is 18.0 Å². The number of anilines is 2. The van der Waals surface area contributed by atoms with Gasteiger partial charge in [0.15, 0.2) is 0 Å². The molecule has 0 aliphatic carbocycles. The fourth-order valence-corrected chi connectivity index (χ4v) is 2.74. The number of hydrogen-bond donors (Lipinski definition) is 1. The predicted octanol–water partition coefficient (Wildman–Crippen LogP) is 3.83. The van der Waals surface area contributed by atoms with Crippen molar-refractivity contribution in [2.45, 2.75) is 13.8 Å². The molecule has 5 nitrogen and oxygen atoms in total. The maximum absolute atomic E-state index is 12.7. The van der Waals surface area contributed by atoms with Gasteiger partial charge < -0.3 is 10.1 Å². The molecule has 2 aromatic rings. The average molecular weight is 357 g/mol. The van der Waals surface area contributed by atoms with E-state index >= 15 is 0 Å². The third-order valence-corrected chi connectivity index (χ3v) is 4.12. The second kappa shape index (κ2) is 6.99. The second-order valence-corrected chi connectivity index (χ2v) is 5.90. The Balaban J connectivity index is 1.91. The molecule has 2 amide bonds. The van der Waals surface area contributed by atoms with Gasteiger partial charge in [-0.2, -0.15) is 0 Å². The number of hydrogen-bond acceptors (Lipinski definition) is 4. The first-order valence-electron chi connectivity index (χ1n) is 7.87. The number of halogens is 1. The Labute approximate surface area is 150 Å². The highest BCUT2D eigenvalue weighted by molar-refractivity contribution is 6.53. The van der Waals surface area contributed by atoms with Gasteiger partial charge in [0.1, 0.15) is 16.5 Å². The normalized spacial score (nSPS) is 14.3. The van der Waals surface area contributed by atoms with Crippen LogP contribution in [0.3, 0.4) is 0 Å². The lowest BCUT2D eigenvalue weighted by Crippen LogP contribution is -2.32. The fourth-order valence-electron chi connectivity index (χ4n) is 2.53. The summed E-state index contributed by atoms with van der Waals surface area (Å²) in [5, 5.41) is 2.80.